The summed E-state index contributed by atoms with van der Waals surface area (Å²) in [4.78, 5) is 12.1. The first-order valence-electron chi connectivity index (χ1n) is 6.73. The zero-order valence-corrected chi connectivity index (χ0v) is 13.0. The predicted molar refractivity (Wildman–Crippen MR) is 74.7 cm³/mol. The van der Waals surface area contributed by atoms with Crippen LogP contribution in [0.4, 0.5) is 0 Å². The maximum Gasteiger partial charge on any atom is 0.312 e. The lowest BCUT2D eigenvalue weighted by Gasteiger charge is -2.47. The zero-order valence-electron chi connectivity index (χ0n) is 10.8. The maximum atomic E-state index is 12.1. The van der Waals surface area contributed by atoms with Crippen LogP contribution in [0, 0.1) is 29.1 Å². The van der Waals surface area contributed by atoms with Gasteiger partial charge < -0.3 is 4.74 Å². The van der Waals surface area contributed by atoms with E-state index in [4.69, 9.17) is 4.74 Å². The summed E-state index contributed by atoms with van der Waals surface area (Å²) in [5.74, 6) is 3.27. The van der Waals surface area contributed by atoms with Gasteiger partial charge >= 0.3 is 5.97 Å². The van der Waals surface area contributed by atoms with Gasteiger partial charge in [-0.1, -0.05) is 0 Å². The van der Waals surface area contributed by atoms with Crippen molar-refractivity contribution in [1.29, 1.82) is 0 Å². The van der Waals surface area contributed by atoms with Gasteiger partial charge in [-0.05, 0) is 86.8 Å². The Morgan fingerprint density at radius 2 is 1.94 bits per heavy atom. The summed E-state index contributed by atoms with van der Waals surface area (Å²) in [7, 11) is 0. The topological polar surface area (TPSA) is 26.3 Å². The number of hydrogen-bond acceptors (Lipinski definition) is 2. The molecule has 3 rings (SSSR count). The predicted octanol–water partition coefficient (Wildman–Crippen LogP) is 3.77. The normalized spacial score (nSPS) is 47.5. The van der Waals surface area contributed by atoms with Crippen molar-refractivity contribution in [3.63, 3.8) is 0 Å². The molecule has 5 atom stereocenters. The Balaban J connectivity index is 1.74. The van der Waals surface area contributed by atoms with Crippen molar-refractivity contribution in [2.45, 2.75) is 50.1 Å². The Morgan fingerprint density at radius 1 is 1.29 bits per heavy atom. The van der Waals surface area contributed by atoms with Gasteiger partial charge in [-0.15, -0.1) is 0 Å². The molecule has 0 aromatic rings. The lowest BCUT2D eigenvalue weighted by molar-refractivity contribution is -0.166. The third-order valence-electron chi connectivity index (χ3n) is 5.03. The number of esters is 1. The van der Waals surface area contributed by atoms with Gasteiger partial charge in [0.05, 0.1) is 5.41 Å². The van der Waals surface area contributed by atoms with Crippen molar-refractivity contribution < 1.29 is 9.53 Å². The van der Waals surface area contributed by atoms with Gasteiger partial charge in [0.2, 0.25) is 0 Å². The molecular formula is C14H21IO2. The SMILES string of the molecule is CC(C)(C)C(=O)OC1(I)CC2CC1C1CCC21. The standard InChI is InChI=1S/C14H21IO2/c1-13(2,3)12(16)17-14(15)7-8-6-11(14)10-5-4-9(8)10/h8-11H,4-7H2,1-3H3. The van der Waals surface area contributed by atoms with Crippen LogP contribution in [-0.4, -0.2) is 9.58 Å². The average molecular weight is 348 g/mol. The first kappa shape index (κ1) is 12.2. The highest BCUT2D eigenvalue weighted by molar-refractivity contribution is 14.1. The van der Waals surface area contributed by atoms with E-state index in [0.29, 0.717) is 5.92 Å². The summed E-state index contributed by atoms with van der Waals surface area (Å²) < 4.78 is 5.71. The highest BCUT2D eigenvalue weighted by Gasteiger charge is 2.63. The van der Waals surface area contributed by atoms with Gasteiger partial charge in [0.25, 0.3) is 0 Å². The number of alkyl halides is 1. The summed E-state index contributed by atoms with van der Waals surface area (Å²) >= 11 is 2.43. The molecule has 0 aliphatic heterocycles. The van der Waals surface area contributed by atoms with Crippen LogP contribution in [0.25, 0.3) is 0 Å². The van der Waals surface area contributed by atoms with E-state index in [2.05, 4.69) is 22.6 Å². The van der Waals surface area contributed by atoms with E-state index in [1.54, 1.807) is 0 Å². The lowest BCUT2D eigenvalue weighted by atomic mass is 9.65. The second-order valence-corrected chi connectivity index (χ2v) is 8.96. The number of ether oxygens (including phenoxy) is 1. The van der Waals surface area contributed by atoms with Crippen LogP contribution in [0.5, 0.6) is 0 Å². The van der Waals surface area contributed by atoms with E-state index >= 15 is 0 Å². The van der Waals surface area contributed by atoms with Gasteiger partial charge in [0.1, 0.15) is 0 Å². The monoisotopic (exact) mass is 348 g/mol. The van der Waals surface area contributed by atoms with Gasteiger partial charge in [0, 0.05) is 5.92 Å². The van der Waals surface area contributed by atoms with E-state index in [1.165, 1.54) is 19.3 Å². The Morgan fingerprint density at radius 3 is 2.41 bits per heavy atom. The molecule has 0 aromatic heterocycles. The largest absolute Gasteiger partial charge is 0.448 e. The minimum atomic E-state index is -0.376. The fraction of sp³-hybridized carbons (Fsp3) is 0.929. The average Bonchev–Trinajstić information content (AvgIpc) is 2.50. The number of hydrogen-bond donors (Lipinski definition) is 0. The number of carbonyl (C=O) groups is 1. The van der Waals surface area contributed by atoms with Crippen LogP contribution in [0.1, 0.15) is 46.5 Å². The lowest BCUT2D eigenvalue weighted by Crippen LogP contribution is -2.46. The smallest absolute Gasteiger partial charge is 0.312 e. The van der Waals surface area contributed by atoms with E-state index in [-0.39, 0.29) is 15.0 Å². The second-order valence-electron chi connectivity index (χ2n) is 7.14. The van der Waals surface area contributed by atoms with Crippen LogP contribution >= 0.6 is 22.6 Å². The molecule has 2 bridgehead atoms. The molecule has 2 nitrogen and oxygen atoms in total. The molecule has 0 radical (unpaired) electrons. The van der Waals surface area contributed by atoms with Gasteiger partial charge in [-0.2, -0.15) is 0 Å². The van der Waals surface area contributed by atoms with Crippen molar-refractivity contribution in [3.8, 4) is 0 Å². The molecule has 3 heteroatoms. The van der Waals surface area contributed by atoms with Crippen molar-refractivity contribution in [2.24, 2.45) is 29.1 Å². The summed E-state index contributed by atoms with van der Waals surface area (Å²) in [6, 6.07) is 0. The van der Waals surface area contributed by atoms with Crippen LogP contribution in [0.15, 0.2) is 0 Å². The van der Waals surface area contributed by atoms with Crippen LogP contribution < -0.4 is 0 Å². The molecule has 0 saturated heterocycles. The maximum absolute atomic E-state index is 12.1. The molecule has 5 unspecified atom stereocenters. The van der Waals surface area contributed by atoms with Crippen molar-refractivity contribution in [3.05, 3.63) is 0 Å². The number of carbonyl (C=O) groups excluding carboxylic acids is 1. The third-order valence-corrected chi connectivity index (χ3v) is 6.49. The number of fused-ring (bicyclic) bond motifs is 5. The molecule has 0 spiro atoms. The summed E-state index contributed by atoms with van der Waals surface area (Å²) in [6.45, 7) is 5.82. The molecule has 3 fully saturated rings. The highest BCUT2D eigenvalue weighted by Crippen LogP contribution is 2.67. The Labute approximate surface area is 117 Å². The van der Waals surface area contributed by atoms with E-state index in [9.17, 15) is 4.79 Å². The van der Waals surface area contributed by atoms with Crippen molar-refractivity contribution in [1.82, 2.24) is 0 Å². The van der Waals surface area contributed by atoms with Gasteiger partial charge in [-0.3, -0.25) is 4.79 Å². The molecule has 3 aliphatic carbocycles. The second kappa shape index (κ2) is 3.61. The molecule has 3 aliphatic rings. The molecule has 0 N–H and O–H groups in total. The van der Waals surface area contributed by atoms with Crippen molar-refractivity contribution >= 4 is 28.6 Å². The first-order chi connectivity index (χ1) is 7.81. The molecule has 0 amide bonds. The number of halogens is 1. The van der Waals surface area contributed by atoms with E-state index < -0.39 is 0 Å². The van der Waals surface area contributed by atoms with E-state index in [1.807, 2.05) is 20.8 Å². The molecule has 96 valence electrons. The van der Waals surface area contributed by atoms with E-state index in [0.717, 1.165) is 24.2 Å². The summed E-state index contributed by atoms with van der Waals surface area (Å²) in [6.07, 6.45) is 5.19. The highest BCUT2D eigenvalue weighted by atomic mass is 127. The minimum Gasteiger partial charge on any atom is -0.448 e. The quantitative estimate of drug-likeness (QED) is 0.410. The Kier molecular flexibility index (Phi) is 2.60. The molecule has 0 heterocycles. The fourth-order valence-electron chi connectivity index (χ4n) is 3.98. The fourth-order valence-corrected chi connectivity index (χ4v) is 5.46. The first-order valence-corrected chi connectivity index (χ1v) is 7.81. The molecule has 17 heavy (non-hydrogen) atoms. The Bertz CT molecular complexity index is 358. The van der Waals surface area contributed by atoms with Crippen LogP contribution in [0.2, 0.25) is 0 Å². The summed E-state index contributed by atoms with van der Waals surface area (Å²) in [5, 5.41) is 0. The van der Waals surface area contributed by atoms with Crippen LogP contribution in [-0.2, 0) is 9.53 Å². The summed E-state index contributed by atoms with van der Waals surface area (Å²) in [5.41, 5.74) is -0.376. The molecular weight excluding hydrogens is 327 g/mol. The van der Waals surface area contributed by atoms with Crippen LogP contribution in [0.3, 0.4) is 0 Å². The zero-order chi connectivity index (χ0) is 12.4. The van der Waals surface area contributed by atoms with Crippen molar-refractivity contribution in [2.75, 3.05) is 0 Å². The molecule has 3 saturated carbocycles. The minimum absolute atomic E-state index is 0.0321. The van der Waals surface area contributed by atoms with Gasteiger partial charge in [0.15, 0.2) is 3.61 Å². The third kappa shape index (κ3) is 1.75. The Hall–Kier alpha value is 0.200. The van der Waals surface area contributed by atoms with Gasteiger partial charge in [-0.25, -0.2) is 0 Å². The number of rotatable bonds is 1. The molecule has 0 aromatic carbocycles.